The summed E-state index contributed by atoms with van der Waals surface area (Å²) >= 11 is 0. The second kappa shape index (κ2) is 11.7. The highest BCUT2D eigenvalue weighted by Gasteiger charge is 2.45. The number of carbonyl (C=O) groups excluding carboxylic acids is 3. The Labute approximate surface area is 226 Å². The molecule has 3 atom stereocenters. The summed E-state index contributed by atoms with van der Waals surface area (Å²) in [5.74, 6) is -1.98. The van der Waals surface area contributed by atoms with Crippen molar-refractivity contribution < 1.29 is 32.3 Å². The number of ether oxygens (including phenoxy) is 1. The molecule has 0 aliphatic carbocycles. The van der Waals surface area contributed by atoms with Crippen molar-refractivity contribution in [3.63, 3.8) is 0 Å². The summed E-state index contributed by atoms with van der Waals surface area (Å²) in [7, 11) is 0. The maximum Gasteiger partial charge on any atom is 0.416 e. The number of hydrogen-bond acceptors (Lipinski definition) is 5. The van der Waals surface area contributed by atoms with Crippen LogP contribution in [0.4, 0.5) is 18.9 Å². The normalized spacial score (nSPS) is 20.6. The molecule has 210 valence electrons. The average Bonchev–Trinajstić information content (AvgIpc) is 3.28. The number of nitrogens with one attached hydrogen (secondary N) is 1. The van der Waals surface area contributed by atoms with Gasteiger partial charge in [0.2, 0.25) is 12.3 Å². The zero-order chi connectivity index (χ0) is 28.3. The molecule has 2 aromatic rings. The monoisotopic (exact) mass is 545 g/mol. The zero-order valence-corrected chi connectivity index (χ0v) is 22.3. The summed E-state index contributed by atoms with van der Waals surface area (Å²) < 4.78 is 46.0. The maximum absolute atomic E-state index is 13.6. The standard InChI is InChI=1S/C29H34F3N3O4/c1-18(2)14-24(33-17-36)22-15-21(29(30,31)32)8-9-25(22)34-10-12-35(13-11-34)27(37)26-23(16-39-28(26)38)20-6-4-19(3)5-7-20/h4-9,15,17-18,23-24,26H,10-14,16H2,1-3H3,(H,33,36). The van der Waals surface area contributed by atoms with Crippen molar-refractivity contribution >= 4 is 24.0 Å². The highest BCUT2D eigenvalue weighted by Crippen LogP contribution is 2.38. The smallest absolute Gasteiger partial charge is 0.416 e. The van der Waals surface area contributed by atoms with E-state index in [0.29, 0.717) is 50.3 Å². The van der Waals surface area contributed by atoms with E-state index in [-0.39, 0.29) is 24.3 Å². The van der Waals surface area contributed by atoms with Gasteiger partial charge < -0.3 is 19.9 Å². The van der Waals surface area contributed by atoms with E-state index in [9.17, 15) is 27.6 Å². The molecule has 0 spiro atoms. The van der Waals surface area contributed by atoms with Gasteiger partial charge >= 0.3 is 12.1 Å². The second-order valence-corrected chi connectivity index (χ2v) is 10.7. The number of rotatable bonds is 8. The Morgan fingerprint density at radius 3 is 2.36 bits per heavy atom. The molecule has 2 heterocycles. The summed E-state index contributed by atoms with van der Waals surface area (Å²) in [6.45, 7) is 7.34. The Morgan fingerprint density at radius 2 is 1.77 bits per heavy atom. The quantitative estimate of drug-likeness (QED) is 0.301. The molecular weight excluding hydrogens is 511 g/mol. The topological polar surface area (TPSA) is 79.0 Å². The number of esters is 1. The number of anilines is 1. The van der Waals surface area contributed by atoms with Crippen LogP contribution >= 0.6 is 0 Å². The van der Waals surface area contributed by atoms with E-state index in [1.54, 1.807) is 4.90 Å². The maximum atomic E-state index is 13.6. The first-order valence-electron chi connectivity index (χ1n) is 13.2. The van der Waals surface area contributed by atoms with Crippen LogP contribution in [0.3, 0.4) is 0 Å². The van der Waals surface area contributed by atoms with Crippen LogP contribution < -0.4 is 10.2 Å². The fraction of sp³-hybridized carbons (Fsp3) is 0.483. The lowest BCUT2D eigenvalue weighted by molar-refractivity contribution is -0.149. The Hall–Kier alpha value is -3.56. The molecule has 2 aromatic carbocycles. The number of halogens is 3. The number of benzene rings is 2. The number of piperazine rings is 1. The van der Waals surface area contributed by atoms with E-state index < -0.39 is 29.7 Å². The van der Waals surface area contributed by atoms with Gasteiger partial charge in [-0.3, -0.25) is 14.4 Å². The highest BCUT2D eigenvalue weighted by molar-refractivity contribution is 6.00. The van der Waals surface area contributed by atoms with Crippen molar-refractivity contribution in [1.82, 2.24) is 10.2 Å². The van der Waals surface area contributed by atoms with Crippen molar-refractivity contribution in [2.45, 2.75) is 45.3 Å². The van der Waals surface area contributed by atoms with Crippen LogP contribution in [0.15, 0.2) is 42.5 Å². The number of amides is 2. The predicted octanol–water partition coefficient (Wildman–Crippen LogP) is 4.45. The largest absolute Gasteiger partial charge is 0.464 e. The first kappa shape index (κ1) is 28.4. The fourth-order valence-corrected chi connectivity index (χ4v) is 5.40. The van der Waals surface area contributed by atoms with Crippen molar-refractivity contribution in [3.05, 3.63) is 64.7 Å². The van der Waals surface area contributed by atoms with E-state index in [4.69, 9.17) is 4.74 Å². The minimum absolute atomic E-state index is 0.131. The van der Waals surface area contributed by atoms with Crippen LogP contribution in [0.25, 0.3) is 0 Å². The summed E-state index contributed by atoms with van der Waals surface area (Å²) in [6, 6.07) is 10.7. The lowest BCUT2D eigenvalue weighted by Gasteiger charge is -2.39. The van der Waals surface area contributed by atoms with Crippen molar-refractivity contribution in [1.29, 1.82) is 0 Å². The molecule has 0 aromatic heterocycles. The minimum Gasteiger partial charge on any atom is -0.464 e. The third-order valence-electron chi connectivity index (χ3n) is 7.47. The van der Waals surface area contributed by atoms with Crippen LogP contribution in [-0.2, 0) is 25.3 Å². The van der Waals surface area contributed by atoms with Gasteiger partial charge in [-0.1, -0.05) is 43.7 Å². The van der Waals surface area contributed by atoms with Gasteiger partial charge in [0.1, 0.15) is 5.92 Å². The molecule has 7 nitrogen and oxygen atoms in total. The molecule has 0 bridgehead atoms. The van der Waals surface area contributed by atoms with Gasteiger partial charge in [-0.2, -0.15) is 13.2 Å². The fourth-order valence-electron chi connectivity index (χ4n) is 5.40. The summed E-state index contributed by atoms with van der Waals surface area (Å²) in [6.07, 6.45) is -3.54. The molecule has 10 heteroatoms. The third-order valence-corrected chi connectivity index (χ3v) is 7.47. The first-order valence-corrected chi connectivity index (χ1v) is 13.2. The van der Waals surface area contributed by atoms with Gasteiger partial charge in [0.05, 0.1) is 18.2 Å². The molecule has 0 saturated carbocycles. The third kappa shape index (κ3) is 6.37. The van der Waals surface area contributed by atoms with Crippen molar-refractivity contribution in [2.75, 3.05) is 37.7 Å². The molecule has 0 radical (unpaired) electrons. The van der Waals surface area contributed by atoms with E-state index in [1.165, 1.54) is 6.07 Å². The molecule has 2 amide bonds. The Morgan fingerprint density at radius 1 is 1.10 bits per heavy atom. The van der Waals surface area contributed by atoms with Gasteiger partial charge in [-0.25, -0.2) is 0 Å². The van der Waals surface area contributed by atoms with Crippen molar-refractivity contribution in [2.24, 2.45) is 11.8 Å². The molecular formula is C29H34F3N3O4. The summed E-state index contributed by atoms with van der Waals surface area (Å²) in [5.41, 5.74) is 2.15. The molecule has 2 aliphatic rings. The van der Waals surface area contributed by atoms with Gasteiger partial charge in [0, 0.05) is 37.8 Å². The van der Waals surface area contributed by atoms with Crippen LogP contribution in [-0.4, -0.2) is 56.0 Å². The zero-order valence-electron chi connectivity index (χ0n) is 22.3. The minimum atomic E-state index is -4.52. The summed E-state index contributed by atoms with van der Waals surface area (Å²) in [5, 5.41) is 2.69. The molecule has 4 rings (SSSR count). The first-order chi connectivity index (χ1) is 18.5. The number of aryl methyl sites for hydroxylation is 1. The van der Waals surface area contributed by atoms with Gasteiger partial charge in [0.25, 0.3) is 0 Å². The molecule has 2 saturated heterocycles. The number of nitrogens with zero attached hydrogens (tertiary/aromatic N) is 2. The lowest BCUT2D eigenvalue weighted by atomic mass is 9.87. The number of carbonyl (C=O) groups is 3. The van der Waals surface area contributed by atoms with Crippen LogP contribution in [0, 0.1) is 18.8 Å². The lowest BCUT2D eigenvalue weighted by Crippen LogP contribution is -2.52. The van der Waals surface area contributed by atoms with Crippen LogP contribution in [0.1, 0.15) is 54.5 Å². The Kier molecular flexibility index (Phi) is 8.51. The molecule has 1 N–H and O–H groups in total. The van der Waals surface area contributed by atoms with E-state index in [2.05, 4.69) is 5.32 Å². The predicted molar refractivity (Wildman–Crippen MR) is 140 cm³/mol. The van der Waals surface area contributed by atoms with Crippen LogP contribution in [0.2, 0.25) is 0 Å². The number of hydrogen-bond donors (Lipinski definition) is 1. The Balaban J connectivity index is 1.53. The number of cyclic esters (lactones) is 1. The summed E-state index contributed by atoms with van der Waals surface area (Å²) in [4.78, 5) is 40.9. The molecule has 3 unspecified atom stereocenters. The molecule has 39 heavy (non-hydrogen) atoms. The van der Waals surface area contributed by atoms with E-state index in [1.807, 2.05) is 49.9 Å². The van der Waals surface area contributed by atoms with Gasteiger partial charge in [0.15, 0.2) is 0 Å². The van der Waals surface area contributed by atoms with Gasteiger partial charge in [-0.05, 0) is 48.6 Å². The SMILES string of the molecule is Cc1ccc(C2COC(=O)C2C(=O)N2CCN(c3ccc(C(F)(F)F)cc3C(CC(C)C)NC=O)CC2)cc1. The van der Waals surface area contributed by atoms with E-state index in [0.717, 1.165) is 23.3 Å². The number of alkyl halides is 3. The Bertz CT molecular complexity index is 1190. The second-order valence-electron chi connectivity index (χ2n) is 10.7. The van der Waals surface area contributed by atoms with Crippen LogP contribution in [0.5, 0.6) is 0 Å². The van der Waals surface area contributed by atoms with Crippen molar-refractivity contribution in [3.8, 4) is 0 Å². The molecule has 2 aliphatic heterocycles. The average molecular weight is 546 g/mol. The highest BCUT2D eigenvalue weighted by atomic mass is 19.4. The van der Waals surface area contributed by atoms with Gasteiger partial charge in [-0.15, -0.1) is 0 Å². The van der Waals surface area contributed by atoms with E-state index >= 15 is 0 Å². The molecule has 2 fully saturated rings.